The van der Waals surface area contributed by atoms with Crippen LogP contribution in [0.2, 0.25) is 0 Å². The van der Waals surface area contributed by atoms with Crippen LogP contribution in [0, 0.1) is 18.7 Å². The minimum absolute atomic E-state index is 0.0791. The molecule has 1 saturated carbocycles. The number of primary sulfonamides is 1. The Morgan fingerprint density at radius 3 is 2.29 bits per heavy atom. The minimum atomic E-state index is -4.94. The Morgan fingerprint density at radius 1 is 1.15 bits per heavy atom. The minimum Gasteiger partial charge on any atom is -0.343 e. The highest BCUT2D eigenvalue weighted by Gasteiger charge is 2.39. The highest BCUT2D eigenvalue weighted by molar-refractivity contribution is 7.97. The molecule has 2 aromatic rings. The predicted octanol–water partition coefficient (Wildman–Crippen LogP) is 6.24. The largest absolute Gasteiger partial charge is 0.420 e. The van der Waals surface area contributed by atoms with E-state index in [9.17, 15) is 21.6 Å². The zero-order valence-electron chi connectivity index (χ0n) is 19.7. The second kappa shape index (κ2) is 9.83. The van der Waals surface area contributed by atoms with Gasteiger partial charge in [0, 0.05) is 28.2 Å². The van der Waals surface area contributed by atoms with Crippen LogP contribution < -0.4 is 9.86 Å². The van der Waals surface area contributed by atoms with Crippen LogP contribution in [0.5, 0.6) is 0 Å². The molecule has 1 aromatic heterocycles. The van der Waals surface area contributed by atoms with Crippen molar-refractivity contribution in [3.05, 3.63) is 35.3 Å². The lowest BCUT2D eigenvalue weighted by Crippen LogP contribution is -2.30. The Morgan fingerprint density at radius 2 is 1.76 bits per heavy atom. The molecule has 5 nitrogen and oxygen atoms in total. The maximum atomic E-state index is 15.6. The first-order valence-electron chi connectivity index (χ1n) is 11.2. The fraction of sp³-hybridized carbons (Fsp3) is 0.565. The van der Waals surface area contributed by atoms with E-state index >= 15 is 4.39 Å². The summed E-state index contributed by atoms with van der Waals surface area (Å²) >= 11 is 0.712. The summed E-state index contributed by atoms with van der Waals surface area (Å²) in [5.74, 6) is -1.21. The molecule has 0 aliphatic heterocycles. The molecule has 34 heavy (non-hydrogen) atoms. The standard InChI is InChI=1S/C23H31F4N3O2S2/c1-14-19(34(28,31)32)12-17(30(14)13-15-8-6-5-7-9-15)16-10-11-18(33-29-22(2,3)4)20(21(16)24)23(25,26)27/h10-12,15,29H,5-9,13H2,1-4H3,(H2,28,31,32). The van der Waals surface area contributed by atoms with E-state index in [-0.39, 0.29) is 27.0 Å². The first kappa shape index (κ1) is 27.0. The lowest BCUT2D eigenvalue weighted by molar-refractivity contribution is -0.142. The zero-order chi connectivity index (χ0) is 25.5. The van der Waals surface area contributed by atoms with Crippen LogP contribution in [-0.2, 0) is 22.7 Å². The number of benzene rings is 1. The molecular formula is C23H31F4N3O2S2. The van der Waals surface area contributed by atoms with Crippen molar-refractivity contribution in [2.45, 2.75) is 87.9 Å². The quantitative estimate of drug-likeness (QED) is 0.348. The fourth-order valence-electron chi connectivity index (χ4n) is 4.31. The Labute approximate surface area is 202 Å². The first-order valence-corrected chi connectivity index (χ1v) is 13.5. The van der Waals surface area contributed by atoms with E-state index < -0.39 is 33.1 Å². The van der Waals surface area contributed by atoms with Crippen molar-refractivity contribution < 1.29 is 26.0 Å². The lowest BCUT2D eigenvalue weighted by Gasteiger charge is -2.25. The summed E-state index contributed by atoms with van der Waals surface area (Å²) in [6.45, 7) is 7.29. The summed E-state index contributed by atoms with van der Waals surface area (Å²) in [6, 6.07) is 3.68. The van der Waals surface area contributed by atoms with Gasteiger partial charge in [0.05, 0.1) is 5.69 Å². The number of aromatic nitrogens is 1. The van der Waals surface area contributed by atoms with Crippen molar-refractivity contribution in [1.29, 1.82) is 0 Å². The number of hydrogen-bond donors (Lipinski definition) is 2. The van der Waals surface area contributed by atoms with Gasteiger partial charge in [0.15, 0.2) is 0 Å². The molecule has 1 aliphatic carbocycles. The lowest BCUT2D eigenvalue weighted by atomic mass is 9.89. The first-order chi connectivity index (χ1) is 15.6. The molecule has 190 valence electrons. The maximum absolute atomic E-state index is 15.6. The van der Waals surface area contributed by atoms with Crippen molar-refractivity contribution in [2.75, 3.05) is 0 Å². The average Bonchev–Trinajstić information content (AvgIpc) is 3.02. The van der Waals surface area contributed by atoms with Crippen LogP contribution in [0.4, 0.5) is 17.6 Å². The van der Waals surface area contributed by atoms with Crippen LogP contribution in [-0.4, -0.2) is 18.5 Å². The molecule has 1 heterocycles. The number of alkyl halides is 3. The van der Waals surface area contributed by atoms with E-state index in [1.54, 1.807) is 32.3 Å². The normalized spacial score (nSPS) is 16.3. The molecule has 1 aliphatic rings. The summed E-state index contributed by atoms with van der Waals surface area (Å²) in [5, 5.41) is 5.37. The zero-order valence-corrected chi connectivity index (χ0v) is 21.4. The third-order valence-electron chi connectivity index (χ3n) is 5.92. The number of sulfonamides is 1. The molecule has 0 unspecified atom stereocenters. The number of hydrogen-bond acceptors (Lipinski definition) is 4. The van der Waals surface area contributed by atoms with E-state index in [2.05, 4.69) is 4.72 Å². The van der Waals surface area contributed by atoms with Gasteiger partial charge >= 0.3 is 6.18 Å². The van der Waals surface area contributed by atoms with Gasteiger partial charge in [0.1, 0.15) is 16.3 Å². The number of halogens is 4. The van der Waals surface area contributed by atoms with Gasteiger partial charge in [0.25, 0.3) is 0 Å². The number of nitrogens with zero attached hydrogens (tertiary/aromatic N) is 1. The second-order valence-corrected chi connectivity index (χ2v) is 12.3. The average molecular weight is 522 g/mol. The van der Waals surface area contributed by atoms with Gasteiger partial charge in [0.2, 0.25) is 10.0 Å². The van der Waals surface area contributed by atoms with E-state index in [0.29, 0.717) is 24.2 Å². The fourth-order valence-corrected chi connectivity index (χ4v) is 5.97. The Kier molecular flexibility index (Phi) is 7.82. The third kappa shape index (κ3) is 6.16. The Hall–Kier alpha value is -1.56. The molecule has 0 radical (unpaired) electrons. The molecular weight excluding hydrogens is 490 g/mol. The molecule has 0 bridgehead atoms. The second-order valence-electron chi connectivity index (χ2n) is 9.89. The van der Waals surface area contributed by atoms with Crippen LogP contribution in [0.15, 0.2) is 28.0 Å². The molecule has 0 amide bonds. The van der Waals surface area contributed by atoms with Crippen LogP contribution in [0.3, 0.4) is 0 Å². The van der Waals surface area contributed by atoms with Crippen LogP contribution in [0.1, 0.15) is 64.1 Å². The van der Waals surface area contributed by atoms with E-state index in [0.717, 1.165) is 32.1 Å². The Bertz CT molecular complexity index is 1150. The summed E-state index contributed by atoms with van der Waals surface area (Å²) in [7, 11) is -4.15. The van der Waals surface area contributed by atoms with Crippen LogP contribution >= 0.6 is 11.9 Å². The molecule has 3 rings (SSSR count). The number of rotatable bonds is 6. The Balaban J connectivity index is 2.17. The highest BCUT2D eigenvalue weighted by Crippen LogP contribution is 2.43. The van der Waals surface area contributed by atoms with Gasteiger partial charge in [-0.2, -0.15) is 13.2 Å². The smallest absolute Gasteiger partial charge is 0.343 e. The number of nitrogens with two attached hydrogens (primary N) is 1. The summed E-state index contributed by atoms with van der Waals surface area (Å²) in [5.41, 5.74) is -1.81. The summed E-state index contributed by atoms with van der Waals surface area (Å²) in [6.07, 6.45) is 0.0732. The maximum Gasteiger partial charge on any atom is 0.420 e. The van der Waals surface area contributed by atoms with Crippen molar-refractivity contribution in [2.24, 2.45) is 11.1 Å². The van der Waals surface area contributed by atoms with E-state index in [4.69, 9.17) is 5.14 Å². The molecule has 1 fully saturated rings. The SMILES string of the molecule is Cc1c(S(N)(=O)=O)cc(-c2ccc(SNC(C)(C)C)c(C(F)(F)F)c2F)n1CC1CCCCC1. The van der Waals surface area contributed by atoms with Crippen molar-refractivity contribution in [3.63, 3.8) is 0 Å². The third-order valence-corrected chi connectivity index (χ3v) is 8.22. The predicted molar refractivity (Wildman–Crippen MR) is 126 cm³/mol. The highest BCUT2D eigenvalue weighted by atomic mass is 32.2. The summed E-state index contributed by atoms with van der Waals surface area (Å²) in [4.78, 5) is -0.503. The molecule has 11 heteroatoms. The van der Waals surface area contributed by atoms with E-state index in [1.807, 2.05) is 0 Å². The van der Waals surface area contributed by atoms with Gasteiger partial charge in [-0.3, -0.25) is 4.72 Å². The molecule has 3 N–H and O–H groups in total. The molecule has 1 aromatic carbocycles. The summed E-state index contributed by atoms with van der Waals surface area (Å²) < 4.78 is 86.3. The van der Waals surface area contributed by atoms with Gasteiger partial charge in [-0.15, -0.1) is 0 Å². The monoisotopic (exact) mass is 521 g/mol. The number of nitrogens with one attached hydrogen (secondary N) is 1. The van der Waals surface area contributed by atoms with Crippen LogP contribution in [0.25, 0.3) is 11.3 Å². The van der Waals surface area contributed by atoms with Gasteiger partial charge in [-0.25, -0.2) is 17.9 Å². The van der Waals surface area contributed by atoms with Crippen molar-refractivity contribution in [1.82, 2.24) is 9.29 Å². The van der Waals surface area contributed by atoms with E-state index in [1.165, 1.54) is 18.2 Å². The molecule has 0 atom stereocenters. The topological polar surface area (TPSA) is 77.1 Å². The van der Waals surface area contributed by atoms with Gasteiger partial charge in [-0.1, -0.05) is 19.3 Å². The molecule has 0 spiro atoms. The van der Waals surface area contributed by atoms with Gasteiger partial charge < -0.3 is 4.57 Å². The molecule has 0 saturated heterocycles. The van der Waals surface area contributed by atoms with Gasteiger partial charge in [-0.05, 0) is 76.6 Å². The van der Waals surface area contributed by atoms with Crippen molar-refractivity contribution >= 4 is 22.0 Å². The van der Waals surface area contributed by atoms with Crippen molar-refractivity contribution in [3.8, 4) is 11.3 Å².